The van der Waals surface area contributed by atoms with Crippen LogP contribution in [0.1, 0.15) is 37.6 Å². The molecule has 1 rings (SSSR count). The van der Waals surface area contributed by atoms with E-state index in [9.17, 15) is 4.79 Å². The number of nitrogens with two attached hydrogens (primary N) is 1. The highest BCUT2D eigenvalue weighted by Gasteiger charge is 2.06. The lowest BCUT2D eigenvalue weighted by Crippen LogP contribution is -2.14. The minimum atomic E-state index is 0.000279. The monoisotopic (exact) mass is 206 g/mol. The normalized spacial score (nSPS) is 12.2. The first-order valence-electron chi connectivity index (χ1n) is 5.21. The molecular weight excluding hydrogens is 188 g/mol. The Morgan fingerprint density at radius 2 is 2.20 bits per heavy atom. The van der Waals surface area contributed by atoms with Crippen LogP contribution in [0.5, 0.6) is 0 Å². The highest BCUT2D eigenvalue weighted by molar-refractivity contribution is 6.00. The number of carbonyl (C=O) groups excluding carboxylic acids is 1. The number of benzene rings is 1. The summed E-state index contributed by atoms with van der Waals surface area (Å²) >= 11 is 0. The summed E-state index contributed by atoms with van der Waals surface area (Å²) in [7, 11) is 0. The van der Waals surface area contributed by atoms with Gasteiger partial charge in [-0.15, -0.1) is 0 Å². The van der Waals surface area contributed by atoms with Gasteiger partial charge in [0.1, 0.15) is 0 Å². The van der Waals surface area contributed by atoms with Crippen LogP contribution in [0.4, 0.5) is 11.4 Å². The second-order valence-corrected chi connectivity index (χ2v) is 3.81. The van der Waals surface area contributed by atoms with Gasteiger partial charge in [0.25, 0.3) is 0 Å². The minimum Gasteiger partial charge on any atom is -0.398 e. The number of carbonyl (C=O) groups is 1. The molecule has 0 bridgehead atoms. The number of nitrogens with one attached hydrogen (secondary N) is 1. The van der Waals surface area contributed by atoms with Crippen LogP contribution in [-0.2, 0) is 0 Å². The quantitative estimate of drug-likeness (QED) is 0.588. The molecule has 0 saturated carbocycles. The summed E-state index contributed by atoms with van der Waals surface area (Å²) in [5.41, 5.74) is 7.78. The van der Waals surface area contributed by atoms with Crippen molar-refractivity contribution in [2.45, 2.75) is 33.2 Å². The molecule has 1 aromatic carbocycles. The lowest BCUT2D eigenvalue weighted by molar-refractivity contribution is 0.101. The van der Waals surface area contributed by atoms with Crippen molar-refractivity contribution < 1.29 is 4.79 Å². The summed E-state index contributed by atoms with van der Waals surface area (Å²) in [6.07, 6.45) is 1.04. The molecule has 0 fully saturated rings. The van der Waals surface area contributed by atoms with E-state index in [0.29, 0.717) is 17.3 Å². The molecule has 0 saturated heterocycles. The number of ketones is 1. The summed E-state index contributed by atoms with van der Waals surface area (Å²) in [6.45, 7) is 5.74. The van der Waals surface area contributed by atoms with E-state index in [1.54, 1.807) is 6.07 Å². The van der Waals surface area contributed by atoms with E-state index < -0.39 is 0 Å². The molecule has 0 aliphatic carbocycles. The largest absolute Gasteiger partial charge is 0.398 e. The van der Waals surface area contributed by atoms with Crippen molar-refractivity contribution in [3.05, 3.63) is 23.8 Å². The van der Waals surface area contributed by atoms with Crippen molar-refractivity contribution in [2.75, 3.05) is 11.1 Å². The predicted octanol–water partition coefficient (Wildman–Crippen LogP) is 2.68. The summed E-state index contributed by atoms with van der Waals surface area (Å²) in [6, 6.07) is 5.87. The molecule has 1 aromatic rings. The van der Waals surface area contributed by atoms with Crippen molar-refractivity contribution in [2.24, 2.45) is 0 Å². The Morgan fingerprint density at radius 3 is 2.73 bits per heavy atom. The lowest BCUT2D eigenvalue weighted by Gasteiger charge is -2.14. The van der Waals surface area contributed by atoms with Gasteiger partial charge >= 0.3 is 0 Å². The summed E-state index contributed by atoms with van der Waals surface area (Å²) < 4.78 is 0. The third-order valence-electron chi connectivity index (χ3n) is 2.46. The van der Waals surface area contributed by atoms with Crippen LogP contribution in [0.3, 0.4) is 0 Å². The van der Waals surface area contributed by atoms with Crippen molar-refractivity contribution in [3.8, 4) is 0 Å². The molecule has 0 aliphatic rings. The molecule has 3 heteroatoms. The molecule has 0 amide bonds. The molecule has 3 nitrogen and oxygen atoms in total. The van der Waals surface area contributed by atoms with E-state index in [-0.39, 0.29) is 5.78 Å². The Hall–Kier alpha value is -1.51. The maximum absolute atomic E-state index is 11.3. The topological polar surface area (TPSA) is 55.1 Å². The van der Waals surface area contributed by atoms with Gasteiger partial charge in [-0.25, -0.2) is 0 Å². The van der Waals surface area contributed by atoms with Gasteiger partial charge < -0.3 is 11.1 Å². The van der Waals surface area contributed by atoms with E-state index in [2.05, 4.69) is 19.2 Å². The van der Waals surface area contributed by atoms with E-state index >= 15 is 0 Å². The number of Topliss-reactive ketones (excluding diaryl/α,β-unsaturated/α-hetero) is 1. The van der Waals surface area contributed by atoms with E-state index in [1.807, 2.05) is 12.1 Å². The molecule has 15 heavy (non-hydrogen) atoms. The number of hydrogen-bond acceptors (Lipinski definition) is 3. The fraction of sp³-hybridized carbons (Fsp3) is 0.417. The zero-order valence-corrected chi connectivity index (χ0v) is 9.50. The van der Waals surface area contributed by atoms with Gasteiger partial charge in [-0.3, -0.25) is 4.79 Å². The number of anilines is 2. The van der Waals surface area contributed by atoms with Crippen LogP contribution < -0.4 is 11.1 Å². The summed E-state index contributed by atoms with van der Waals surface area (Å²) in [4.78, 5) is 11.3. The molecule has 3 N–H and O–H groups in total. The number of rotatable bonds is 4. The van der Waals surface area contributed by atoms with Gasteiger partial charge in [-0.2, -0.15) is 0 Å². The lowest BCUT2D eigenvalue weighted by atomic mass is 10.1. The number of nitrogen functional groups attached to an aromatic ring is 1. The van der Waals surface area contributed by atoms with Gasteiger partial charge in [0.2, 0.25) is 0 Å². The van der Waals surface area contributed by atoms with Gasteiger partial charge in [-0.05, 0) is 38.5 Å². The molecule has 0 aromatic heterocycles. The molecule has 0 aliphatic heterocycles. The van der Waals surface area contributed by atoms with Crippen molar-refractivity contribution in [1.82, 2.24) is 0 Å². The Labute approximate surface area is 90.7 Å². The van der Waals surface area contributed by atoms with Crippen LogP contribution in [-0.4, -0.2) is 11.8 Å². The second-order valence-electron chi connectivity index (χ2n) is 3.81. The van der Waals surface area contributed by atoms with Crippen LogP contribution in [0.15, 0.2) is 18.2 Å². The Kier molecular flexibility index (Phi) is 3.72. The third kappa shape index (κ3) is 2.98. The average molecular weight is 206 g/mol. The van der Waals surface area contributed by atoms with Gasteiger partial charge in [-0.1, -0.05) is 6.92 Å². The minimum absolute atomic E-state index is 0.000279. The molecule has 1 atom stereocenters. The highest BCUT2D eigenvalue weighted by Crippen LogP contribution is 2.19. The fourth-order valence-corrected chi connectivity index (χ4v) is 1.34. The smallest absolute Gasteiger partial charge is 0.161 e. The predicted molar refractivity (Wildman–Crippen MR) is 64.2 cm³/mol. The second kappa shape index (κ2) is 4.82. The van der Waals surface area contributed by atoms with Crippen LogP contribution in [0.2, 0.25) is 0 Å². The van der Waals surface area contributed by atoms with Crippen LogP contribution >= 0.6 is 0 Å². The maximum atomic E-state index is 11.3. The molecule has 0 radical (unpaired) electrons. The summed E-state index contributed by atoms with van der Waals surface area (Å²) in [5.74, 6) is 0.000279. The van der Waals surface area contributed by atoms with Crippen molar-refractivity contribution >= 4 is 17.2 Å². The van der Waals surface area contributed by atoms with Gasteiger partial charge in [0, 0.05) is 23.0 Å². The fourth-order valence-electron chi connectivity index (χ4n) is 1.34. The first-order chi connectivity index (χ1) is 7.04. The average Bonchev–Trinajstić information content (AvgIpc) is 2.20. The van der Waals surface area contributed by atoms with Crippen LogP contribution in [0, 0.1) is 0 Å². The molecule has 1 unspecified atom stereocenters. The van der Waals surface area contributed by atoms with Gasteiger partial charge in [0.05, 0.1) is 0 Å². The van der Waals surface area contributed by atoms with Crippen molar-refractivity contribution in [3.63, 3.8) is 0 Å². The molecule has 82 valence electrons. The Morgan fingerprint density at radius 1 is 1.53 bits per heavy atom. The van der Waals surface area contributed by atoms with E-state index in [4.69, 9.17) is 5.73 Å². The van der Waals surface area contributed by atoms with Crippen molar-refractivity contribution in [1.29, 1.82) is 0 Å². The standard InChI is InChI=1S/C12H18N2O/c1-4-8(2)14-10-5-6-12(13)11(7-10)9(3)15/h5-8,14H,4,13H2,1-3H3. The molecular formula is C12H18N2O. The summed E-state index contributed by atoms with van der Waals surface area (Å²) in [5, 5.41) is 3.31. The third-order valence-corrected chi connectivity index (χ3v) is 2.46. The first-order valence-corrected chi connectivity index (χ1v) is 5.21. The Bertz CT molecular complexity index is 361. The van der Waals surface area contributed by atoms with Crippen LogP contribution in [0.25, 0.3) is 0 Å². The maximum Gasteiger partial charge on any atom is 0.161 e. The van der Waals surface area contributed by atoms with E-state index in [1.165, 1.54) is 6.92 Å². The molecule has 0 heterocycles. The first kappa shape index (κ1) is 11.6. The zero-order chi connectivity index (χ0) is 11.4. The Balaban J connectivity index is 2.92. The molecule has 0 spiro atoms. The van der Waals surface area contributed by atoms with E-state index in [0.717, 1.165) is 12.1 Å². The zero-order valence-electron chi connectivity index (χ0n) is 9.50. The SMILES string of the molecule is CCC(C)Nc1ccc(N)c(C(C)=O)c1. The van der Waals surface area contributed by atoms with Gasteiger partial charge in [0.15, 0.2) is 5.78 Å². The number of hydrogen-bond donors (Lipinski definition) is 2. The highest BCUT2D eigenvalue weighted by atomic mass is 16.1.